The molecule has 0 N–H and O–H groups in total. The lowest BCUT2D eigenvalue weighted by atomic mass is 10.5. The van der Waals surface area contributed by atoms with E-state index in [-0.39, 0.29) is 5.56 Å². The number of fused-ring (bicyclic) bond motifs is 1. The maximum atomic E-state index is 11.8. The van der Waals surface area contributed by atoms with Crippen molar-refractivity contribution in [1.29, 1.82) is 5.26 Å². The average Bonchev–Trinajstić information content (AvgIpc) is 2.69. The lowest BCUT2D eigenvalue weighted by molar-refractivity contribution is 0.728. The molecule has 0 radical (unpaired) electrons. The maximum absolute atomic E-state index is 11.8. The van der Waals surface area contributed by atoms with Crippen LogP contribution >= 0.6 is 23.1 Å². The van der Waals surface area contributed by atoms with Crippen molar-refractivity contribution >= 4 is 33.3 Å². The normalized spacial score (nSPS) is 10.4. The first-order valence-electron chi connectivity index (χ1n) is 4.18. The molecule has 0 aromatic carbocycles. The Morgan fingerprint density at radius 3 is 3.27 bits per heavy atom. The van der Waals surface area contributed by atoms with Gasteiger partial charge in [0.1, 0.15) is 4.70 Å². The molecule has 0 aliphatic rings. The van der Waals surface area contributed by atoms with E-state index >= 15 is 0 Å². The molecule has 0 saturated carbocycles. The summed E-state index contributed by atoms with van der Waals surface area (Å²) in [5, 5.41) is 10.9. The third-order valence-electron chi connectivity index (χ3n) is 1.91. The Kier molecular flexibility index (Phi) is 2.75. The highest BCUT2D eigenvalue weighted by molar-refractivity contribution is 7.99. The molecule has 2 rings (SSSR count). The average molecular weight is 237 g/mol. The van der Waals surface area contributed by atoms with Gasteiger partial charge >= 0.3 is 0 Å². The smallest absolute Gasteiger partial charge is 0.271 e. The number of thioether (sulfide) groups is 1. The molecule has 0 fully saturated rings. The van der Waals surface area contributed by atoms with Crippen molar-refractivity contribution in [3.05, 3.63) is 21.8 Å². The van der Waals surface area contributed by atoms with Crippen LogP contribution in [-0.4, -0.2) is 15.3 Å². The molecule has 0 amide bonds. The molecule has 2 heterocycles. The van der Waals surface area contributed by atoms with Gasteiger partial charge in [-0.15, -0.1) is 11.3 Å². The molecule has 0 spiro atoms. The highest BCUT2D eigenvalue weighted by atomic mass is 32.2. The second-order valence-corrected chi connectivity index (χ2v) is 4.70. The number of thiophene rings is 1. The molecule has 76 valence electrons. The number of nitriles is 1. The highest BCUT2D eigenvalue weighted by Gasteiger charge is 2.08. The largest absolute Gasteiger partial charge is 0.289 e. The van der Waals surface area contributed by atoms with E-state index in [1.165, 1.54) is 27.7 Å². The van der Waals surface area contributed by atoms with Gasteiger partial charge in [0.25, 0.3) is 5.56 Å². The van der Waals surface area contributed by atoms with Gasteiger partial charge in [-0.05, 0) is 11.4 Å². The Balaban J connectivity index is 2.61. The topological polar surface area (TPSA) is 58.7 Å². The van der Waals surface area contributed by atoms with Gasteiger partial charge in [0.05, 0.1) is 17.3 Å². The van der Waals surface area contributed by atoms with Crippen molar-refractivity contribution < 1.29 is 0 Å². The van der Waals surface area contributed by atoms with Crippen LogP contribution in [-0.2, 0) is 7.05 Å². The van der Waals surface area contributed by atoms with Crippen molar-refractivity contribution in [3.63, 3.8) is 0 Å². The van der Waals surface area contributed by atoms with Crippen LogP contribution in [0.1, 0.15) is 0 Å². The summed E-state index contributed by atoms with van der Waals surface area (Å²) in [6.07, 6.45) is 0. The summed E-state index contributed by atoms with van der Waals surface area (Å²) >= 11 is 2.67. The van der Waals surface area contributed by atoms with E-state index in [1.54, 1.807) is 7.05 Å². The Hall–Kier alpha value is -1.32. The van der Waals surface area contributed by atoms with Gasteiger partial charge in [0.15, 0.2) is 5.16 Å². The summed E-state index contributed by atoms with van der Waals surface area (Å²) in [5.41, 5.74) is 0.666. The van der Waals surface area contributed by atoms with Crippen LogP contribution in [0.25, 0.3) is 10.2 Å². The van der Waals surface area contributed by atoms with Gasteiger partial charge in [-0.1, -0.05) is 11.8 Å². The van der Waals surface area contributed by atoms with Gasteiger partial charge in [-0.3, -0.25) is 9.36 Å². The first-order valence-corrected chi connectivity index (χ1v) is 6.04. The SMILES string of the molecule is Cn1c(SCC#N)nc2ccsc2c1=O. The van der Waals surface area contributed by atoms with Crippen LogP contribution in [0.15, 0.2) is 21.4 Å². The molecule has 0 saturated heterocycles. The fourth-order valence-electron chi connectivity index (χ4n) is 1.19. The van der Waals surface area contributed by atoms with Crippen LogP contribution in [0.3, 0.4) is 0 Å². The summed E-state index contributed by atoms with van der Waals surface area (Å²) in [6, 6.07) is 3.83. The van der Waals surface area contributed by atoms with E-state index in [0.29, 0.717) is 21.1 Å². The maximum Gasteiger partial charge on any atom is 0.271 e. The first kappa shape index (κ1) is 10.2. The number of rotatable bonds is 2. The standard InChI is InChI=1S/C9H7N3OS2/c1-12-8(13)7-6(2-4-14-7)11-9(12)15-5-3-10/h2,4H,5H2,1H3. The quantitative estimate of drug-likeness (QED) is 0.588. The van der Waals surface area contributed by atoms with Crippen molar-refractivity contribution in [1.82, 2.24) is 9.55 Å². The second kappa shape index (κ2) is 4.04. The van der Waals surface area contributed by atoms with Crippen LogP contribution in [0.5, 0.6) is 0 Å². The van der Waals surface area contributed by atoms with E-state index in [1.807, 2.05) is 17.5 Å². The van der Waals surface area contributed by atoms with Crippen molar-refractivity contribution in [2.24, 2.45) is 7.05 Å². The zero-order chi connectivity index (χ0) is 10.8. The molecule has 15 heavy (non-hydrogen) atoms. The third-order valence-corrected chi connectivity index (χ3v) is 3.70. The summed E-state index contributed by atoms with van der Waals surface area (Å²) in [6.45, 7) is 0. The predicted molar refractivity (Wildman–Crippen MR) is 61.2 cm³/mol. The van der Waals surface area contributed by atoms with E-state index in [0.717, 1.165) is 0 Å². The molecular weight excluding hydrogens is 230 g/mol. The van der Waals surface area contributed by atoms with E-state index in [4.69, 9.17) is 5.26 Å². The van der Waals surface area contributed by atoms with Gasteiger partial charge < -0.3 is 0 Å². The minimum atomic E-state index is -0.0459. The molecule has 0 bridgehead atoms. The molecular formula is C9H7N3OS2. The summed E-state index contributed by atoms with van der Waals surface area (Å²) < 4.78 is 2.15. The monoisotopic (exact) mass is 237 g/mol. The number of hydrogen-bond donors (Lipinski definition) is 0. The number of aromatic nitrogens is 2. The summed E-state index contributed by atoms with van der Waals surface area (Å²) in [5.74, 6) is 0.302. The third kappa shape index (κ3) is 1.76. The lowest BCUT2D eigenvalue weighted by Crippen LogP contribution is -2.18. The Bertz CT molecular complexity index is 593. The van der Waals surface area contributed by atoms with Gasteiger partial charge in [-0.25, -0.2) is 4.98 Å². The first-order chi connectivity index (χ1) is 7.24. The van der Waals surface area contributed by atoms with E-state index in [9.17, 15) is 4.79 Å². The zero-order valence-electron chi connectivity index (χ0n) is 7.93. The highest BCUT2D eigenvalue weighted by Crippen LogP contribution is 2.19. The molecule has 0 aliphatic heterocycles. The number of nitrogens with zero attached hydrogens (tertiary/aromatic N) is 3. The Morgan fingerprint density at radius 2 is 2.53 bits per heavy atom. The minimum absolute atomic E-state index is 0.0459. The van der Waals surface area contributed by atoms with Crippen LogP contribution in [0, 0.1) is 11.3 Å². The fourth-order valence-corrected chi connectivity index (χ4v) is 2.63. The molecule has 2 aromatic rings. The van der Waals surface area contributed by atoms with Crippen molar-refractivity contribution in [2.75, 3.05) is 5.75 Å². The van der Waals surface area contributed by atoms with E-state index < -0.39 is 0 Å². The van der Waals surface area contributed by atoms with Crippen molar-refractivity contribution in [3.8, 4) is 6.07 Å². The number of hydrogen-bond acceptors (Lipinski definition) is 5. The van der Waals surface area contributed by atoms with Crippen molar-refractivity contribution in [2.45, 2.75) is 5.16 Å². The Labute approximate surface area is 94.2 Å². The second-order valence-electron chi connectivity index (χ2n) is 2.84. The van der Waals surface area contributed by atoms with Crippen LogP contribution in [0.4, 0.5) is 0 Å². The van der Waals surface area contributed by atoms with Gasteiger partial charge in [0, 0.05) is 7.05 Å². The van der Waals surface area contributed by atoms with E-state index in [2.05, 4.69) is 4.98 Å². The molecule has 0 atom stereocenters. The predicted octanol–water partition coefficient (Wildman–Crippen LogP) is 1.61. The van der Waals surface area contributed by atoms with Crippen LogP contribution < -0.4 is 5.56 Å². The molecule has 2 aromatic heterocycles. The van der Waals surface area contributed by atoms with Crippen LogP contribution in [0.2, 0.25) is 0 Å². The zero-order valence-corrected chi connectivity index (χ0v) is 9.56. The van der Waals surface area contributed by atoms with Gasteiger partial charge in [-0.2, -0.15) is 5.26 Å². The molecule has 6 heteroatoms. The molecule has 0 aliphatic carbocycles. The fraction of sp³-hybridized carbons (Fsp3) is 0.222. The molecule has 0 unspecified atom stereocenters. The molecule has 4 nitrogen and oxygen atoms in total. The van der Waals surface area contributed by atoms with Gasteiger partial charge in [0.2, 0.25) is 0 Å². The summed E-state index contributed by atoms with van der Waals surface area (Å²) in [7, 11) is 1.67. The lowest BCUT2D eigenvalue weighted by Gasteiger charge is -2.03. The minimum Gasteiger partial charge on any atom is -0.289 e. The Morgan fingerprint density at radius 1 is 1.73 bits per heavy atom. The summed E-state index contributed by atoms with van der Waals surface area (Å²) in [4.78, 5) is 16.1.